The summed E-state index contributed by atoms with van der Waals surface area (Å²) in [5, 5.41) is 14.7. The van der Waals surface area contributed by atoms with E-state index in [9.17, 15) is 9.50 Å². The number of imidazole rings is 1. The fourth-order valence-corrected chi connectivity index (χ4v) is 3.56. The van der Waals surface area contributed by atoms with Gasteiger partial charge in [-0.15, -0.1) is 11.3 Å². The summed E-state index contributed by atoms with van der Waals surface area (Å²) in [7, 11) is 1.88. The van der Waals surface area contributed by atoms with E-state index >= 15 is 0 Å². The number of halogens is 1. The summed E-state index contributed by atoms with van der Waals surface area (Å²) in [6.07, 6.45) is 2.48. The van der Waals surface area contributed by atoms with Crippen LogP contribution in [0.2, 0.25) is 0 Å². The third-order valence-corrected chi connectivity index (χ3v) is 4.86. The number of benzene rings is 1. The molecule has 2 N–H and O–H groups in total. The monoisotopic (exact) mass is 369 g/mol. The molecule has 1 aromatic carbocycles. The summed E-state index contributed by atoms with van der Waals surface area (Å²) < 4.78 is 15.0. The van der Waals surface area contributed by atoms with Crippen molar-refractivity contribution in [2.45, 2.75) is 13.0 Å². The van der Waals surface area contributed by atoms with Crippen molar-refractivity contribution in [3.8, 4) is 0 Å². The molecule has 0 aliphatic heterocycles. The Balaban J connectivity index is 1.78. The van der Waals surface area contributed by atoms with Crippen LogP contribution in [0.25, 0.3) is 10.2 Å². The van der Waals surface area contributed by atoms with Crippen molar-refractivity contribution in [1.82, 2.24) is 19.5 Å². The normalized spacial score (nSPS) is 12.5. The van der Waals surface area contributed by atoms with Crippen molar-refractivity contribution in [2.24, 2.45) is 7.05 Å². The van der Waals surface area contributed by atoms with Crippen LogP contribution in [0.4, 0.5) is 16.0 Å². The molecule has 0 spiro atoms. The molecule has 0 radical (unpaired) electrons. The molecule has 3 heterocycles. The second-order valence-corrected chi connectivity index (χ2v) is 7.24. The number of hydrogen-bond donors (Lipinski definition) is 2. The Hall–Kier alpha value is -2.84. The van der Waals surface area contributed by atoms with Crippen LogP contribution in [0, 0.1) is 12.7 Å². The summed E-state index contributed by atoms with van der Waals surface area (Å²) in [6, 6.07) is 7.66. The van der Waals surface area contributed by atoms with Gasteiger partial charge in [-0.3, -0.25) is 0 Å². The largest absolute Gasteiger partial charge is 0.380 e. The van der Waals surface area contributed by atoms with Crippen LogP contribution in [0.3, 0.4) is 0 Å². The fourth-order valence-electron chi connectivity index (χ4n) is 2.67. The highest BCUT2D eigenvalue weighted by atomic mass is 32.1. The number of aromatic nitrogens is 4. The number of rotatable bonds is 4. The van der Waals surface area contributed by atoms with E-state index in [4.69, 9.17) is 0 Å². The zero-order chi connectivity index (χ0) is 18.3. The molecule has 0 saturated carbocycles. The zero-order valence-electron chi connectivity index (χ0n) is 14.1. The van der Waals surface area contributed by atoms with Gasteiger partial charge in [-0.25, -0.2) is 19.3 Å². The van der Waals surface area contributed by atoms with Crippen molar-refractivity contribution >= 4 is 33.2 Å². The van der Waals surface area contributed by atoms with E-state index in [0.717, 1.165) is 15.1 Å². The van der Waals surface area contributed by atoms with Gasteiger partial charge in [0.15, 0.2) is 5.82 Å². The maximum absolute atomic E-state index is 13.1. The molecular weight excluding hydrogens is 353 g/mol. The molecule has 132 valence electrons. The molecule has 6 nitrogen and oxygen atoms in total. The first kappa shape index (κ1) is 16.6. The number of aliphatic hydroxyl groups is 1. The molecule has 1 unspecified atom stereocenters. The Morgan fingerprint density at radius 2 is 2.00 bits per heavy atom. The van der Waals surface area contributed by atoms with Gasteiger partial charge in [-0.1, -0.05) is 12.1 Å². The van der Waals surface area contributed by atoms with E-state index < -0.39 is 6.10 Å². The Labute approximate surface area is 153 Å². The predicted molar refractivity (Wildman–Crippen MR) is 99.1 cm³/mol. The molecule has 0 aliphatic carbocycles. The smallest absolute Gasteiger partial charge is 0.165 e. The molecule has 0 amide bonds. The quantitative estimate of drug-likeness (QED) is 0.574. The number of aryl methyl sites for hydroxylation is 2. The molecule has 4 rings (SSSR count). The second-order valence-electron chi connectivity index (χ2n) is 6.01. The van der Waals surface area contributed by atoms with E-state index in [2.05, 4.69) is 20.3 Å². The molecule has 8 heteroatoms. The van der Waals surface area contributed by atoms with Crippen LogP contribution >= 0.6 is 11.3 Å². The van der Waals surface area contributed by atoms with Crippen molar-refractivity contribution in [3.05, 3.63) is 64.9 Å². The number of nitrogens with one attached hydrogen (secondary N) is 1. The molecule has 0 aliphatic rings. The van der Waals surface area contributed by atoms with Crippen molar-refractivity contribution in [1.29, 1.82) is 0 Å². The van der Waals surface area contributed by atoms with E-state index in [1.54, 1.807) is 6.33 Å². The first-order valence-electron chi connectivity index (χ1n) is 7.96. The van der Waals surface area contributed by atoms with E-state index in [1.165, 1.54) is 35.6 Å². The molecule has 26 heavy (non-hydrogen) atoms. The van der Waals surface area contributed by atoms with Crippen LogP contribution in [-0.4, -0.2) is 24.6 Å². The number of nitrogens with zero attached hydrogens (tertiary/aromatic N) is 4. The minimum absolute atomic E-state index is 0.254. The Bertz CT molecular complexity index is 1070. The fraction of sp³-hybridized carbons (Fsp3) is 0.167. The number of thiophene rings is 1. The van der Waals surface area contributed by atoms with Gasteiger partial charge < -0.3 is 15.0 Å². The lowest BCUT2D eigenvalue weighted by atomic mass is 10.1. The van der Waals surface area contributed by atoms with Gasteiger partial charge in [0.05, 0.1) is 11.7 Å². The van der Waals surface area contributed by atoms with Crippen molar-refractivity contribution in [2.75, 3.05) is 5.32 Å². The third kappa shape index (κ3) is 3.16. The molecule has 0 bridgehead atoms. The summed E-state index contributed by atoms with van der Waals surface area (Å²) in [4.78, 5) is 15.1. The standard InChI is InChI=1S/C18H16FN5OS/c1-10-7-13-16(21-14-8-24(2)9-20-14)22-17(23-18(13)26-10)15(25)11-3-5-12(19)6-4-11/h3-9,15,25H,1-2H3,(H,21,22,23). The summed E-state index contributed by atoms with van der Waals surface area (Å²) in [5.41, 5.74) is 0.530. The molecule has 4 aromatic rings. The second kappa shape index (κ2) is 6.47. The molecule has 3 aromatic heterocycles. The van der Waals surface area contributed by atoms with E-state index in [-0.39, 0.29) is 11.6 Å². The highest BCUT2D eigenvalue weighted by Crippen LogP contribution is 2.32. The predicted octanol–water partition coefficient (Wildman–Crippen LogP) is 3.70. The lowest BCUT2D eigenvalue weighted by Crippen LogP contribution is -2.07. The molecule has 1 atom stereocenters. The lowest BCUT2D eigenvalue weighted by Gasteiger charge is -2.12. The van der Waals surface area contributed by atoms with Crippen LogP contribution in [-0.2, 0) is 7.05 Å². The van der Waals surface area contributed by atoms with Gasteiger partial charge in [-0.05, 0) is 30.7 Å². The van der Waals surface area contributed by atoms with Crippen LogP contribution in [0.15, 0.2) is 42.9 Å². The van der Waals surface area contributed by atoms with Crippen LogP contribution in [0.5, 0.6) is 0 Å². The number of hydrogen-bond acceptors (Lipinski definition) is 6. The van der Waals surface area contributed by atoms with Crippen molar-refractivity contribution in [3.63, 3.8) is 0 Å². The summed E-state index contributed by atoms with van der Waals surface area (Å²) in [5.74, 6) is 1.13. The lowest BCUT2D eigenvalue weighted by molar-refractivity contribution is 0.210. The molecular formula is C18H16FN5OS. The highest BCUT2D eigenvalue weighted by Gasteiger charge is 2.18. The van der Waals surface area contributed by atoms with Gasteiger partial charge in [0.1, 0.15) is 28.4 Å². The first-order chi connectivity index (χ1) is 12.5. The van der Waals surface area contributed by atoms with Gasteiger partial charge in [0, 0.05) is 18.1 Å². The average molecular weight is 369 g/mol. The van der Waals surface area contributed by atoms with Gasteiger partial charge in [0.2, 0.25) is 0 Å². The molecule has 0 fully saturated rings. The number of fused-ring (bicyclic) bond motifs is 1. The van der Waals surface area contributed by atoms with Crippen molar-refractivity contribution < 1.29 is 9.50 Å². The topological polar surface area (TPSA) is 75.9 Å². The number of aliphatic hydroxyl groups excluding tert-OH is 1. The Kier molecular flexibility index (Phi) is 4.14. The highest BCUT2D eigenvalue weighted by molar-refractivity contribution is 7.18. The maximum Gasteiger partial charge on any atom is 0.165 e. The molecule has 0 saturated heterocycles. The Morgan fingerprint density at radius 3 is 2.69 bits per heavy atom. The minimum Gasteiger partial charge on any atom is -0.380 e. The summed E-state index contributed by atoms with van der Waals surface area (Å²) >= 11 is 1.52. The first-order valence-corrected chi connectivity index (χ1v) is 8.78. The number of anilines is 2. The van der Waals surface area contributed by atoms with E-state index in [0.29, 0.717) is 17.2 Å². The minimum atomic E-state index is -1.05. The summed E-state index contributed by atoms with van der Waals surface area (Å²) in [6.45, 7) is 1.99. The average Bonchev–Trinajstić information content (AvgIpc) is 3.19. The van der Waals surface area contributed by atoms with Crippen LogP contribution < -0.4 is 5.32 Å². The van der Waals surface area contributed by atoms with Gasteiger partial charge in [0.25, 0.3) is 0 Å². The van der Waals surface area contributed by atoms with Crippen LogP contribution in [0.1, 0.15) is 22.4 Å². The van der Waals surface area contributed by atoms with Gasteiger partial charge in [-0.2, -0.15) is 0 Å². The maximum atomic E-state index is 13.1. The van der Waals surface area contributed by atoms with Gasteiger partial charge >= 0.3 is 0 Å². The Morgan fingerprint density at radius 1 is 1.23 bits per heavy atom. The SMILES string of the molecule is Cc1cc2c(Nc3cn(C)cn3)nc(C(O)c3ccc(F)cc3)nc2s1. The zero-order valence-corrected chi connectivity index (χ0v) is 15.0. The van der Waals surface area contributed by atoms with E-state index in [1.807, 2.05) is 30.8 Å². The third-order valence-electron chi connectivity index (χ3n) is 3.91.